The number of Topliss-reactive ketones (excluding diaryl/α,β-unsaturated/α-hetero) is 1. The molecule has 2 aliphatic rings. The Morgan fingerprint density at radius 1 is 0.974 bits per heavy atom. The molecule has 3 heterocycles. The minimum absolute atomic E-state index is 0.0492. The van der Waals surface area contributed by atoms with Crippen LogP contribution in [-0.2, 0) is 4.79 Å². The van der Waals surface area contributed by atoms with Gasteiger partial charge in [-0.2, -0.15) is 0 Å². The van der Waals surface area contributed by atoms with Gasteiger partial charge in [-0.15, -0.1) is 5.10 Å². The van der Waals surface area contributed by atoms with Crippen LogP contribution in [-0.4, -0.2) is 46.7 Å². The van der Waals surface area contributed by atoms with E-state index in [-0.39, 0.29) is 11.2 Å². The standard InChI is InChI=1S/C29H28N4O5/c1-29(2)13-18(34)24-22(14-29)38-28-25(23(24)16-10-11-20(36-4)21(12-16)37-5)27-31-26(32-33(27)15-30-28)17-8-6-7-9-19(17)35-3/h6-12,15,23H,13-14H2,1-5H3. The highest BCUT2D eigenvalue weighted by atomic mass is 16.5. The summed E-state index contributed by atoms with van der Waals surface area (Å²) < 4.78 is 24.6. The van der Waals surface area contributed by atoms with Gasteiger partial charge in [0.05, 0.1) is 38.4 Å². The molecule has 2 aromatic heterocycles. The number of para-hydroxylation sites is 1. The monoisotopic (exact) mass is 512 g/mol. The van der Waals surface area contributed by atoms with Crippen molar-refractivity contribution in [3.63, 3.8) is 0 Å². The number of methoxy groups -OCH3 is 3. The third-order valence-corrected chi connectivity index (χ3v) is 7.15. The molecule has 0 spiro atoms. The Morgan fingerprint density at radius 2 is 1.74 bits per heavy atom. The molecule has 0 N–H and O–H groups in total. The van der Waals surface area contributed by atoms with E-state index in [1.165, 1.54) is 0 Å². The molecule has 0 saturated heterocycles. The predicted octanol–water partition coefficient (Wildman–Crippen LogP) is 4.98. The molecule has 0 fully saturated rings. The van der Waals surface area contributed by atoms with Crippen LogP contribution in [0.15, 0.2) is 60.1 Å². The lowest BCUT2D eigenvalue weighted by atomic mass is 9.70. The van der Waals surface area contributed by atoms with Gasteiger partial charge < -0.3 is 18.9 Å². The first-order valence-corrected chi connectivity index (χ1v) is 12.4. The maximum Gasteiger partial charge on any atom is 0.228 e. The average Bonchev–Trinajstić information content (AvgIpc) is 3.35. The second kappa shape index (κ2) is 8.86. The summed E-state index contributed by atoms with van der Waals surface area (Å²) in [7, 11) is 4.80. The topological polar surface area (TPSA) is 97.1 Å². The molecule has 0 radical (unpaired) electrons. The van der Waals surface area contributed by atoms with Crippen molar-refractivity contribution < 1.29 is 23.7 Å². The third-order valence-electron chi connectivity index (χ3n) is 7.15. The molecule has 9 nitrogen and oxygen atoms in total. The van der Waals surface area contributed by atoms with Crippen molar-refractivity contribution in [3.05, 3.63) is 71.3 Å². The molecule has 1 aliphatic carbocycles. The van der Waals surface area contributed by atoms with Gasteiger partial charge in [0.2, 0.25) is 5.88 Å². The summed E-state index contributed by atoms with van der Waals surface area (Å²) in [6, 6.07) is 13.3. The average molecular weight is 513 g/mol. The number of nitrogens with zero attached hydrogens (tertiary/aromatic N) is 4. The third kappa shape index (κ3) is 3.77. The normalized spacial score (nSPS) is 18.0. The molecule has 0 bridgehead atoms. The van der Waals surface area contributed by atoms with E-state index in [1.54, 1.807) is 32.2 Å². The van der Waals surface area contributed by atoms with Crippen molar-refractivity contribution in [3.8, 4) is 34.5 Å². The number of benzene rings is 2. The Morgan fingerprint density at radius 3 is 2.50 bits per heavy atom. The molecule has 6 rings (SSSR count). The Hall–Kier alpha value is -4.40. The number of hydrogen-bond acceptors (Lipinski definition) is 8. The van der Waals surface area contributed by atoms with Crippen LogP contribution in [0.25, 0.3) is 17.0 Å². The van der Waals surface area contributed by atoms with E-state index in [0.29, 0.717) is 64.3 Å². The number of aromatic nitrogens is 4. The van der Waals surface area contributed by atoms with Crippen LogP contribution in [0.3, 0.4) is 0 Å². The molecule has 38 heavy (non-hydrogen) atoms. The molecule has 194 valence electrons. The smallest absolute Gasteiger partial charge is 0.228 e. The lowest BCUT2D eigenvalue weighted by Crippen LogP contribution is -2.33. The number of ketones is 1. The molecule has 0 saturated carbocycles. The molecule has 1 unspecified atom stereocenters. The number of carbonyl (C=O) groups excluding carboxylic acids is 1. The lowest BCUT2D eigenvalue weighted by Gasteiger charge is -2.37. The fourth-order valence-corrected chi connectivity index (χ4v) is 5.45. The lowest BCUT2D eigenvalue weighted by molar-refractivity contribution is -0.118. The quantitative estimate of drug-likeness (QED) is 0.369. The van der Waals surface area contributed by atoms with E-state index < -0.39 is 5.92 Å². The van der Waals surface area contributed by atoms with Crippen molar-refractivity contribution >= 4 is 11.4 Å². The van der Waals surface area contributed by atoms with Crippen LogP contribution < -0.4 is 18.9 Å². The van der Waals surface area contributed by atoms with Gasteiger partial charge in [-0.1, -0.05) is 32.0 Å². The van der Waals surface area contributed by atoms with Crippen LogP contribution in [0, 0.1) is 5.41 Å². The van der Waals surface area contributed by atoms with E-state index in [9.17, 15) is 4.79 Å². The Labute approximate surface area is 220 Å². The van der Waals surface area contributed by atoms with E-state index in [2.05, 4.69) is 18.8 Å². The molecule has 9 heteroatoms. The van der Waals surface area contributed by atoms with E-state index >= 15 is 0 Å². The molecular formula is C29H28N4O5. The van der Waals surface area contributed by atoms with Crippen molar-refractivity contribution in [2.75, 3.05) is 21.3 Å². The minimum Gasteiger partial charge on any atom is -0.496 e. The minimum atomic E-state index is -0.469. The number of hydrogen-bond donors (Lipinski definition) is 0. The highest BCUT2D eigenvalue weighted by Gasteiger charge is 2.44. The van der Waals surface area contributed by atoms with Gasteiger partial charge in [0.15, 0.2) is 28.8 Å². The number of carbonyl (C=O) groups is 1. The second-order valence-corrected chi connectivity index (χ2v) is 10.3. The zero-order valence-corrected chi connectivity index (χ0v) is 21.9. The summed E-state index contributed by atoms with van der Waals surface area (Å²) in [6.45, 7) is 4.15. The summed E-state index contributed by atoms with van der Waals surface area (Å²) in [5.41, 5.74) is 3.25. The highest BCUT2D eigenvalue weighted by Crippen LogP contribution is 2.51. The summed E-state index contributed by atoms with van der Waals surface area (Å²) in [6.07, 6.45) is 2.64. The highest BCUT2D eigenvalue weighted by molar-refractivity contribution is 6.00. The van der Waals surface area contributed by atoms with Gasteiger partial charge in [0.25, 0.3) is 0 Å². The van der Waals surface area contributed by atoms with E-state index in [0.717, 1.165) is 11.1 Å². The largest absolute Gasteiger partial charge is 0.496 e. The van der Waals surface area contributed by atoms with E-state index in [4.69, 9.17) is 29.0 Å². The molecule has 0 amide bonds. The van der Waals surface area contributed by atoms with Crippen molar-refractivity contribution in [1.29, 1.82) is 0 Å². The number of rotatable bonds is 5. The number of fused-ring (bicyclic) bond motifs is 3. The van der Waals surface area contributed by atoms with Gasteiger partial charge >= 0.3 is 0 Å². The van der Waals surface area contributed by atoms with Gasteiger partial charge in [0, 0.05) is 18.4 Å². The number of allylic oxidation sites excluding steroid dienone is 2. The molecule has 4 aromatic rings. The molecule has 1 atom stereocenters. The molecule has 1 aliphatic heterocycles. The van der Waals surface area contributed by atoms with Gasteiger partial charge in [-0.25, -0.2) is 14.5 Å². The summed E-state index contributed by atoms with van der Waals surface area (Å²) in [4.78, 5) is 23.2. The van der Waals surface area contributed by atoms with E-state index in [1.807, 2.05) is 42.5 Å². The van der Waals surface area contributed by atoms with Gasteiger partial charge in [0.1, 0.15) is 17.8 Å². The van der Waals surface area contributed by atoms with Crippen molar-refractivity contribution in [2.45, 2.75) is 32.6 Å². The van der Waals surface area contributed by atoms with Gasteiger partial charge in [-0.3, -0.25) is 4.79 Å². The summed E-state index contributed by atoms with van der Waals surface area (Å²) in [5.74, 6) is 2.97. The van der Waals surface area contributed by atoms with Crippen LogP contribution in [0.4, 0.5) is 0 Å². The predicted molar refractivity (Wildman–Crippen MR) is 140 cm³/mol. The van der Waals surface area contributed by atoms with Crippen molar-refractivity contribution in [1.82, 2.24) is 19.6 Å². The number of ether oxygens (including phenoxy) is 4. The SMILES string of the molecule is COc1ccc(C2C3=C(CC(C)(C)CC3=O)Oc3ncn4nc(-c5ccccc5OC)nc4c32)cc1OC. The van der Waals surface area contributed by atoms with Crippen molar-refractivity contribution in [2.24, 2.45) is 5.41 Å². The maximum atomic E-state index is 13.7. The first-order chi connectivity index (χ1) is 18.3. The second-order valence-electron chi connectivity index (χ2n) is 10.3. The fraction of sp³-hybridized carbons (Fsp3) is 0.310. The molecular weight excluding hydrogens is 484 g/mol. The maximum absolute atomic E-state index is 13.7. The zero-order valence-electron chi connectivity index (χ0n) is 21.9. The first-order valence-electron chi connectivity index (χ1n) is 12.4. The van der Waals surface area contributed by atoms with Crippen LogP contribution in [0.1, 0.15) is 43.7 Å². The Kier molecular flexibility index (Phi) is 5.59. The zero-order chi connectivity index (χ0) is 26.6. The summed E-state index contributed by atoms with van der Waals surface area (Å²) >= 11 is 0. The Balaban J connectivity index is 1.61. The first kappa shape index (κ1) is 24.0. The van der Waals surface area contributed by atoms with Gasteiger partial charge in [-0.05, 0) is 35.2 Å². The Bertz CT molecular complexity index is 1620. The van der Waals surface area contributed by atoms with Crippen LogP contribution in [0.2, 0.25) is 0 Å². The van der Waals surface area contributed by atoms with Crippen LogP contribution in [0.5, 0.6) is 23.1 Å². The molecule has 2 aromatic carbocycles. The summed E-state index contributed by atoms with van der Waals surface area (Å²) in [5, 5.41) is 4.70. The fourth-order valence-electron chi connectivity index (χ4n) is 5.45. The van der Waals surface area contributed by atoms with Crippen LogP contribution >= 0.6 is 0 Å².